The minimum absolute atomic E-state index is 0.163. The highest BCUT2D eigenvalue weighted by atomic mass is 79.9. The highest BCUT2D eigenvalue weighted by Gasteiger charge is 2.09. The molecular weight excluding hydrogens is 350 g/mol. The van der Waals surface area contributed by atoms with Crippen LogP contribution in [-0.4, -0.2) is 15.0 Å². The molecule has 0 atom stereocenters. The van der Waals surface area contributed by atoms with Crippen LogP contribution in [0.4, 0.5) is 0 Å². The lowest BCUT2D eigenvalue weighted by molar-refractivity contribution is 0.978. The van der Waals surface area contributed by atoms with Crippen LogP contribution >= 0.6 is 31.9 Å². The first-order valence-corrected chi connectivity index (χ1v) is 6.60. The molecule has 0 saturated carbocycles. The van der Waals surface area contributed by atoms with E-state index in [9.17, 15) is 4.79 Å². The van der Waals surface area contributed by atoms with Gasteiger partial charge < -0.3 is 4.98 Å². The van der Waals surface area contributed by atoms with Crippen LogP contribution in [0, 0.1) is 0 Å². The molecule has 2 heterocycles. The molecule has 2 rings (SSSR count). The first kappa shape index (κ1) is 12.4. The quantitative estimate of drug-likeness (QED) is 0.897. The number of pyridine rings is 1. The summed E-state index contributed by atoms with van der Waals surface area (Å²) in [5, 5.41) is 0. The van der Waals surface area contributed by atoms with E-state index < -0.39 is 0 Å². The number of H-pyrrole nitrogens is 1. The summed E-state index contributed by atoms with van der Waals surface area (Å²) < 4.78 is 1.64. The summed E-state index contributed by atoms with van der Waals surface area (Å²) in [4.78, 5) is 22.7. The lowest BCUT2D eigenvalue weighted by Gasteiger charge is -2.04. The minimum Gasteiger partial charge on any atom is -0.305 e. The normalized spacial score (nSPS) is 10.5. The molecule has 0 aliphatic heterocycles. The second-order valence-corrected chi connectivity index (χ2v) is 5.19. The Labute approximate surface area is 115 Å². The maximum absolute atomic E-state index is 11.5. The summed E-state index contributed by atoms with van der Waals surface area (Å²) >= 11 is 6.73. The van der Waals surface area contributed by atoms with E-state index in [1.54, 1.807) is 6.20 Å². The van der Waals surface area contributed by atoms with Crippen molar-refractivity contribution in [3.05, 3.63) is 43.3 Å². The van der Waals surface area contributed by atoms with Crippen LogP contribution in [0.15, 0.2) is 32.1 Å². The van der Waals surface area contributed by atoms with Crippen LogP contribution in [0.25, 0.3) is 11.5 Å². The average Bonchev–Trinajstić information content (AvgIpc) is 2.28. The summed E-state index contributed by atoms with van der Waals surface area (Å²) in [5.41, 5.74) is 1.21. The third kappa shape index (κ3) is 2.81. The van der Waals surface area contributed by atoms with Gasteiger partial charge in [0.15, 0.2) is 5.82 Å². The number of hydrogen-bond donors (Lipinski definition) is 1. The van der Waals surface area contributed by atoms with E-state index in [-0.39, 0.29) is 5.56 Å². The number of aromatic amines is 1. The molecule has 0 amide bonds. The van der Waals surface area contributed by atoms with Gasteiger partial charge in [0.05, 0.1) is 0 Å². The number of aryl methyl sites for hydroxylation is 1. The van der Waals surface area contributed by atoms with Crippen LogP contribution in [-0.2, 0) is 6.42 Å². The van der Waals surface area contributed by atoms with Crippen molar-refractivity contribution < 1.29 is 0 Å². The number of nitrogens with zero attached hydrogens (tertiary/aromatic N) is 2. The predicted octanol–water partition coefficient (Wildman–Crippen LogP) is 2.92. The second-order valence-electron chi connectivity index (χ2n) is 3.42. The van der Waals surface area contributed by atoms with Crippen LogP contribution in [0.2, 0.25) is 0 Å². The zero-order valence-corrected chi connectivity index (χ0v) is 12.2. The lowest BCUT2D eigenvalue weighted by Crippen LogP contribution is -2.10. The van der Waals surface area contributed by atoms with Gasteiger partial charge in [-0.3, -0.25) is 9.78 Å². The van der Waals surface area contributed by atoms with Crippen molar-refractivity contribution in [3.63, 3.8) is 0 Å². The molecule has 0 aromatic carbocycles. The molecule has 0 bridgehead atoms. The van der Waals surface area contributed by atoms with E-state index in [4.69, 9.17) is 0 Å². The van der Waals surface area contributed by atoms with Crippen molar-refractivity contribution in [2.24, 2.45) is 0 Å². The highest BCUT2D eigenvalue weighted by Crippen LogP contribution is 2.25. The molecule has 88 valence electrons. The van der Waals surface area contributed by atoms with Crippen molar-refractivity contribution in [3.8, 4) is 11.5 Å². The fourth-order valence-corrected chi connectivity index (χ4v) is 2.57. The van der Waals surface area contributed by atoms with E-state index in [0.717, 1.165) is 14.6 Å². The third-order valence-electron chi connectivity index (χ3n) is 2.19. The van der Waals surface area contributed by atoms with Gasteiger partial charge in [0.2, 0.25) is 0 Å². The molecule has 0 saturated heterocycles. The van der Waals surface area contributed by atoms with Crippen molar-refractivity contribution in [1.82, 2.24) is 15.0 Å². The highest BCUT2D eigenvalue weighted by molar-refractivity contribution is 9.11. The Hall–Kier alpha value is -1.01. The fraction of sp³-hybridized carbons (Fsp3) is 0.182. The van der Waals surface area contributed by atoms with Gasteiger partial charge in [-0.1, -0.05) is 6.92 Å². The third-order valence-corrected chi connectivity index (χ3v) is 3.23. The molecule has 17 heavy (non-hydrogen) atoms. The molecule has 4 nitrogen and oxygen atoms in total. The van der Waals surface area contributed by atoms with Gasteiger partial charge in [0, 0.05) is 26.9 Å². The van der Waals surface area contributed by atoms with E-state index >= 15 is 0 Å². The number of halogens is 2. The molecule has 1 N–H and O–H groups in total. The van der Waals surface area contributed by atoms with Gasteiger partial charge in [-0.15, -0.1) is 0 Å². The fourth-order valence-electron chi connectivity index (χ4n) is 1.39. The SMILES string of the molecule is CCc1cc(=O)[nH]c(-c2ncc(Br)cc2Br)n1. The van der Waals surface area contributed by atoms with Gasteiger partial charge in [0.25, 0.3) is 5.56 Å². The first-order valence-electron chi connectivity index (χ1n) is 5.02. The summed E-state index contributed by atoms with van der Waals surface area (Å²) in [6.45, 7) is 1.95. The van der Waals surface area contributed by atoms with Crippen LogP contribution in [0.1, 0.15) is 12.6 Å². The smallest absolute Gasteiger partial charge is 0.251 e. The molecule has 0 spiro atoms. The zero-order valence-electron chi connectivity index (χ0n) is 9.00. The van der Waals surface area contributed by atoms with Crippen molar-refractivity contribution in [2.75, 3.05) is 0 Å². The van der Waals surface area contributed by atoms with Crippen LogP contribution in [0.5, 0.6) is 0 Å². The molecule has 2 aromatic heterocycles. The minimum atomic E-state index is -0.163. The van der Waals surface area contributed by atoms with Crippen molar-refractivity contribution >= 4 is 31.9 Å². The van der Waals surface area contributed by atoms with E-state index in [1.165, 1.54) is 6.07 Å². The molecular formula is C11H9Br2N3O. The largest absolute Gasteiger partial charge is 0.305 e. The molecule has 0 aliphatic rings. The Bertz CT molecular complexity index is 610. The monoisotopic (exact) mass is 357 g/mol. The number of rotatable bonds is 2. The molecule has 0 unspecified atom stereocenters. The van der Waals surface area contributed by atoms with E-state index in [1.807, 2.05) is 13.0 Å². The van der Waals surface area contributed by atoms with Gasteiger partial charge in [-0.05, 0) is 44.3 Å². The number of hydrogen-bond acceptors (Lipinski definition) is 3. The second kappa shape index (κ2) is 5.10. The first-order chi connectivity index (χ1) is 8.10. The summed E-state index contributed by atoms with van der Waals surface area (Å²) in [5.74, 6) is 0.480. The Balaban J connectivity index is 2.60. The summed E-state index contributed by atoms with van der Waals surface area (Å²) in [6.07, 6.45) is 2.38. The van der Waals surface area contributed by atoms with Gasteiger partial charge >= 0.3 is 0 Å². The van der Waals surface area contributed by atoms with Crippen LogP contribution in [0.3, 0.4) is 0 Å². The number of aromatic nitrogens is 3. The maximum atomic E-state index is 11.5. The topological polar surface area (TPSA) is 58.6 Å². The van der Waals surface area contributed by atoms with E-state index in [2.05, 4.69) is 46.8 Å². The molecule has 0 fully saturated rings. The van der Waals surface area contributed by atoms with Crippen molar-refractivity contribution in [2.45, 2.75) is 13.3 Å². The van der Waals surface area contributed by atoms with Gasteiger partial charge in [0.1, 0.15) is 5.69 Å². The maximum Gasteiger partial charge on any atom is 0.251 e. The zero-order chi connectivity index (χ0) is 12.4. The lowest BCUT2D eigenvalue weighted by atomic mass is 10.3. The predicted molar refractivity (Wildman–Crippen MR) is 72.9 cm³/mol. The van der Waals surface area contributed by atoms with Crippen molar-refractivity contribution in [1.29, 1.82) is 0 Å². The average molecular weight is 359 g/mol. The van der Waals surface area contributed by atoms with E-state index in [0.29, 0.717) is 17.9 Å². The number of nitrogens with one attached hydrogen (secondary N) is 1. The molecule has 2 aromatic rings. The Morgan fingerprint density at radius 3 is 2.76 bits per heavy atom. The molecule has 0 radical (unpaired) electrons. The molecule has 0 aliphatic carbocycles. The van der Waals surface area contributed by atoms with Gasteiger partial charge in [-0.25, -0.2) is 4.98 Å². The Morgan fingerprint density at radius 2 is 2.12 bits per heavy atom. The summed E-state index contributed by atoms with van der Waals surface area (Å²) in [7, 11) is 0. The Kier molecular flexibility index (Phi) is 3.73. The summed E-state index contributed by atoms with van der Waals surface area (Å²) in [6, 6.07) is 3.36. The van der Waals surface area contributed by atoms with Gasteiger partial charge in [-0.2, -0.15) is 0 Å². The molecule has 6 heteroatoms. The Morgan fingerprint density at radius 1 is 1.35 bits per heavy atom. The standard InChI is InChI=1S/C11H9Br2N3O/c1-2-7-4-9(17)16-11(15-7)10-8(13)3-6(12)5-14-10/h3-5H,2H2,1H3,(H,15,16,17). The van der Waals surface area contributed by atoms with Crippen LogP contribution < -0.4 is 5.56 Å².